The largest absolute Gasteiger partial charge is 0.361 e. The van der Waals surface area contributed by atoms with Crippen LogP contribution in [0.4, 0.5) is 0 Å². The molecule has 0 aromatic rings. The first kappa shape index (κ1) is 8.85. The molecular weight excluding hydrogens is 170 g/mol. The summed E-state index contributed by atoms with van der Waals surface area (Å²) in [5.41, 5.74) is 0. The van der Waals surface area contributed by atoms with Gasteiger partial charge in [0.15, 0.2) is 0 Å². The van der Waals surface area contributed by atoms with Gasteiger partial charge in [-0.2, -0.15) is 11.8 Å². The summed E-state index contributed by atoms with van der Waals surface area (Å²) in [6, 6.07) is 0.557. The summed E-state index contributed by atoms with van der Waals surface area (Å²) in [6.45, 7) is 3.09. The van der Waals surface area contributed by atoms with E-state index in [-0.39, 0.29) is 0 Å². The Bertz CT molecular complexity index is 145. The highest BCUT2D eigenvalue weighted by atomic mass is 32.2. The lowest BCUT2D eigenvalue weighted by atomic mass is 10.0. The molecule has 2 nitrogen and oxygen atoms in total. The fourth-order valence-electron chi connectivity index (χ4n) is 1.90. The van der Waals surface area contributed by atoms with Gasteiger partial charge in [-0.1, -0.05) is 0 Å². The second kappa shape index (κ2) is 3.99. The van der Waals surface area contributed by atoms with Crippen LogP contribution >= 0.6 is 11.8 Å². The third kappa shape index (κ3) is 1.95. The summed E-state index contributed by atoms with van der Waals surface area (Å²) in [5.74, 6) is 3.39. The fourth-order valence-corrected chi connectivity index (χ4v) is 3.08. The van der Waals surface area contributed by atoms with Crippen LogP contribution in [0.15, 0.2) is 0 Å². The average Bonchev–Trinajstić information content (AvgIpc) is 2.54. The van der Waals surface area contributed by atoms with E-state index in [0.29, 0.717) is 12.3 Å². The Labute approximate surface area is 78.4 Å². The molecule has 2 aliphatic heterocycles. The van der Waals surface area contributed by atoms with Crippen LogP contribution in [0.1, 0.15) is 19.8 Å². The maximum Gasteiger partial charge on any atom is 0.112 e. The molecule has 3 unspecified atom stereocenters. The van der Waals surface area contributed by atoms with Crippen molar-refractivity contribution in [3.05, 3.63) is 0 Å². The Hall–Kier alpha value is 0.270. The number of rotatable bonds is 1. The molecule has 1 N–H and O–H groups in total. The second-order valence-electron chi connectivity index (χ2n) is 3.80. The van der Waals surface area contributed by atoms with Gasteiger partial charge in [0.2, 0.25) is 0 Å². The lowest BCUT2D eigenvalue weighted by molar-refractivity contribution is 0.0556. The van der Waals surface area contributed by atoms with Crippen LogP contribution in [0.25, 0.3) is 0 Å². The summed E-state index contributed by atoms with van der Waals surface area (Å²) in [7, 11) is 0. The highest BCUT2D eigenvalue weighted by Crippen LogP contribution is 2.27. The van der Waals surface area contributed by atoms with Gasteiger partial charge in [-0.05, 0) is 31.3 Å². The van der Waals surface area contributed by atoms with Gasteiger partial charge in [0.25, 0.3) is 0 Å². The van der Waals surface area contributed by atoms with E-state index in [1.807, 2.05) is 0 Å². The van der Waals surface area contributed by atoms with Crippen LogP contribution in [0.3, 0.4) is 0 Å². The molecule has 0 aromatic carbocycles. The van der Waals surface area contributed by atoms with Crippen LogP contribution in [0.2, 0.25) is 0 Å². The molecule has 2 saturated heterocycles. The predicted octanol–water partition coefficient (Wildman–Crippen LogP) is 1.46. The van der Waals surface area contributed by atoms with Crippen molar-refractivity contribution in [1.29, 1.82) is 0 Å². The first-order valence-corrected chi connectivity index (χ1v) is 5.97. The summed E-state index contributed by atoms with van der Waals surface area (Å²) in [6.07, 6.45) is 3.07. The highest BCUT2D eigenvalue weighted by Gasteiger charge is 2.29. The minimum absolute atomic E-state index is 0.354. The normalized spacial score (nSPS) is 43.2. The lowest BCUT2D eigenvalue weighted by Crippen LogP contribution is -2.37. The topological polar surface area (TPSA) is 21.3 Å². The van der Waals surface area contributed by atoms with Gasteiger partial charge in [-0.25, -0.2) is 0 Å². The SMILES string of the molecule is CC1COC(C2CCCSC2)N1. The zero-order valence-electron chi connectivity index (χ0n) is 7.58. The molecule has 0 aromatic heterocycles. The minimum Gasteiger partial charge on any atom is -0.361 e. The summed E-state index contributed by atoms with van der Waals surface area (Å²) >= 11 is 2.07. The third-order valence-electron chi connectivity index (χ3n) is 2.60. The monoisotopic (exact) mass is 187 g/mol. The Morgan fingerprint density at radius 1 is 1.50 bits per heavy atom. The number of hydrogen-bond donors (Lipinski definition) is 1. The standard InChI is InChI=1S/C9H17NOS/c1-7-5-11-9(10-7)8-3-2-4-12-6-8/h7-10H,2-6H2,1H3. The smallest absolute Gasteiger partial charge is 0.112 e. The molecule has 0 aliphatic carbocycles. The van der Waals surface area contributed by atoms with Crippen molar-refractivity contribution in [2.45, 2.75) is 32.0 Å². The van der Waals surface area contributed by atoms with Crippen LogP contribution < -0.4 is 5.32 Å². The number of nitrogens with one attached hydrogen (secondary N) is 1. The van der Waals surface area contributed by atoms with E-state index in [0.717, 1.165) is 12.5 Å². The Kier molecular flexibility index (Phi) is 2.94. The Morgan fingerprint density at radius 2 is 2.42 bits per heavy atom. The molecule has 2 rings (SSSR count). The average molecular weight is 187 g/mol. The zero-order chi connectivity index (χ0) is 8.39. The van der Waals surface area contributed by atoms with E-state index in [4.69, 9.17) is 4.74 Å². The predicted molar refractivity (Wildman–Crippen MR) is 52.4 cm³/mol. The molecule has 12 heavy (non-hydrogen) atoms. The maximum atomic E-state index is 5.68. The first-order valence-electron chi connectivity index (χ1n) is 4.81. The molecule has 0 spiro atoms. The van der Waals surface area contributed by atoms with Crippen molar-refractivity contribution < 1.29 is 4.74 Å². The lowest BCUT2D eigenvalue weighted by Gasteiger charge is -2.26. The minimum atomic E-state index is 0.354. The fraction of sp³-hybridized carbons (Fsp3) is 1.00. The molecule has 3 heteroatoms. The summed E-state index contributed by atoms with van der Waals surface area (Å²) < 4.78 is 5.68. The van der Waals surface area contributed by atoms with E-state index < -0.39 is 0 Å². The molecule has 3 atom stereocenters. The van der Waals surface area contributed by atoms with Crippen molar-refractivity contribution >= 4 is 11.8 Å². The van der Waals surface area contributed by atoms with Crippen molar-refractivity contribution in [2.75, 3.05) is 18.1 Å². The van der Waals surface area contributed by atoms with Gasteiger partial charge >= 0.3 is 0 Å². The number of thioether (sulfide) groups is 1. The molecule has 2 aliphatic rings. The molecule has 2 heterocycles. The third-order valence-corrected chi connectivity index (χ3v) is 3.84. The summed E-state index contributed by atoms with van der Waals surface area (Å²) in [4.78, 5) is 0. The van der Waals surface area contributed by atoms with Crippen LogP contribution in [0.5, 0.6) is 0 Å². The van der Waals surface area contributed by atoms with Crippen molar-refractivity contribution in [3.63, 3.8) is 0 Å². The molecule has 0 amide bonds. The van der Waals surface area contributed by atoms with Crippen molar-refractivity contribution in [3.8, 4) is 0 Å². The van der Waals surface area contributed by atoms with E-state index in [1.54, 1.807) is 0 Å². The van der Waals surface area contributed by atoms with Gasteiger partial charge in [-0.15, -0.1) is 0 Å². The molecular formula is C9H17NOS. The number of ether oxygens (including phenoxy) is 1. The van der Waals surface area contributed by atoms with Crippen LogP contribution in [-0.4, -0.2) is 30.4 Å². The van der Waals surface area contributed by atoms with Crippen molar-refractivity contribution in [2.24, 2.45) is 5.92 Å². The van der Waals surface area contributed by atoms with Crippen LogP contribution in [0, 0.1) is 5.92 Å². The molecule has 0 saturated carbocycles. The maximum absolute atomic E-state index is 5.68. The second-order valence-corrected chi connectivity index (χ2v) is 4.95. The molecule has 2 fully saturated rings. The summed E-state index contributed by atoms with van der Waals surface area (Å²) in [5, 5.41) is 3.49. The van der Waals surface area contributed by atoms with E-state index >= 15 is 0 Å². The molecule has 0 radical (unpaired) electrons. The Morgan fingerprint density at radius 3 is 3.00 bits per heavy atom. The van der Waals surface area contributed by atoms with E-state index in [2.05, 4.69) is 24.0 Å². The van der Waals surface area contributed by atoms with Gasteiger partial charge in [0, 0.05) is 12.0 Å². The van der Waals surface area contributed by atoms with E-state index in [1.165, 1.54) is 24.3 Å². The number of hydrogen-bond acceptors (Lipinski definition) is 3. The van der Waals surface area contributed by atoms with Gasteiger partial charge in [0.05, 0.1) is 6.61 Å². The van der Waals surface area contributed by atoms with Gasteiger partial charge in [0.1, 0.15) is 6.23 Å². The Balaban J connectivity index is 1.83. The first-order chi connectivity index (χ1) is 5.86. The van der Waals surface area contributed by atoms with Gasteiger partial charge in [-0.3, -0.25) is 5.32 Å². The zero-order valence-corrected chi connectivity index (χ0v) is 8.40. The van der Waals surface area contributed by atoms with E-state index in [9.17, 15) is 0 Å². The quantitative estimate of drug-likeness (QED) is 0.671. The molecule has 0 bridgehead atoms. The highest BCUT2D eigenvalue weighted by molar-refractivity contribution is 7.99. The van der Waals surface area contributed by atoms with Crippen LogP contribution in [-0.2, 0) is 4.74 Å². The van der Waals surface area contributed by atoms with Gasteiger partial charge < -0.3 is 4.74 Å². The molecule has 70 valence electrons. The van der Waals surface area contributed by atoms with Crippen molar-refractivity contribution in [1.82, 2.24) is 5.32 Å².